The van der Waals surface area contributed by atoms with Gasteiger partial charge in [-0.25, -0.2) is 4.39 Å². The van der Waals surface area contributed by atoms with Gasteiger partial charge in [-0.3, -0.25) is 0 Å². The van der Waals surface area contributed by atoms with Gasteiger partial charge in [0.1, 0.15) is 11.6 Å². The summed E-state index contributed by atoms with van der Waals surface area (Å²) in [5.41, 5.74) is 0.0564. The van der Waals surface area contributed by atoms with Crippen molar-refractivity contribution in [3.8, 4) is 5.75 Å². The Morgan fingerprint density at radius 2 is 2.10 bits per heavy atom. The van der Waals surface area contributed by atoms with Crippen molar-refractivity contribution in [1.29, 1.82) is 0 Å². The highest BCUT2D eigenvalue weighted by Crippen LogP contribution is 2.26. The molecule has 0 saturated heterocycles. The Labute approximate surface area is 121 Å². The van der Waals surface area contributed by atoms with Crippen molar-refractivity contribution in [3.63, 3.8) is 0 Å². The molecule has 1 unspecified atom stereocenters. The van der Waals surface area contributed by atoms with Crippen molar-refractivity contribution in [2.75, 3.05) is 13.2 Å². The van der Waals surface area contributed by atoms with Gasteiger partial charge in [-0.2, -0.15) is 0 Å². The highest BCUT2D eigenvalue weighted by Gasteiger charge is 2.15. The number of benzene rings is 1. The van der Waals surface area contributed by atoms with Gasteiger partial charge >= 0.3 is 0 Å². The lowest BCUT2D eigenvalue weighted by Crippen LogP contribution is -2.23. The topological polar surface area (TPSA) is 41.5 Å². The van der Waals surface area contributed by atoms with E-state index in [2.05, 4.69) is 12.2 Å². The average molecular weight is 283 g/mol. The molecule has 1 rings (SSSR count). The van der Waals surface area contributed by atoms with Crippen molar-refractivity contribution < 1.29 is 14.2 Å². The summed E-state index contributed by atoms with van der Waals surface area (Å²) in [5.74, 6) is 0.409. The maximum Gasteiger partial charge on any atom is 0.124 e. The molecule has 20 heavy (non-hydrogen) atoms. The molecule has 0 bridgehead atoms. The summed E-state index contributed by atoms with van der Waals surface area (Å²) in [5, 5.41) is 13.0. The molecule has 0 radical (unpaired) electrons. The number of halogens is 1. The Kier molecular flexibility index (Phi) is 6.43. The van der Waals surface area contributed by atoms with E-state index in [1.165, 1.54) is 12.1 Å². The number of ether oxygens (including phenoxy) is 1. The van der Waals surface area contributed by atoms with Crippen molar-refractivity contribution >= 4 is 0 Å². The minimum Gasteiger partial charge on any atom is -0.493 e. The van der Waals surface area contributed by atoms with Crippen LogP contribution < -0.4 is 10.1 Å². The van der Waals surface area contributed by atoms with Gasteiger partial charge in [0, 0.05) is 18.0 Å². The van der Waals surface area contributed by atoms with Crippen LogP contribution in [0.4, 0.5) is 4.39 Å². The molecule has 0 aliphatic carbocycles. The van der Waals surface area contributed by atoms with Crippen molar-refractivity contribution in [2.24, 2.45) is 0 Å². The minimum absolute atomic E-state index is 0.0304. The van der Waals surface area contributed by atoms with E-state index in [4.69, 9.17) is 4.74 Å². The van der Waals surface area contributed by atoms with Crippen molar-refractivity contribution in [3.05, 3.63) is 29.6 Å². The van der Waals surface area contributed by atoms with Crippen LogP contribution in [0.25, 0.3) is 0 Å². The number of nitrogens with one attached hydrogen (secondary N) is 1. The highest BCUT2D eigenvalue weighted by atomic mass is 19.1. The van der Waals surface area contributed by atoms with Crippen LogP contribution in [0.15, 0.2) is 18.2 Å². The molecular weight excluding hydrogens is 257 g/mol. The average Bonchev–Trinajstić information content (AvgIpc) is 2.36. The third-order valence-electron chi connectivity index (χ3n) is 3.11. The third kappa shape index (κ3) is 5.88. The lowest BCUT2D eigenvalue weighted by Gasteiger charge is -2.21. The van der Waals surface area contributed by atoms with E-state index in [1.54, 1.807) is 19.9 Å². The molecule has 0 aliphatic heterocycles. The quantitative estimate of drug-likeness (QED) is 0.768. The molecule has 0 aliphatic rings. The molecule has 0 spiro atoms. The van der Waals surface area contributed by atoms with E-state index < -0.39 is 5.60 Å². The van der Waals surface area contributed by atoms with Gasteiger partial charge in [-0.15, -0.1) is 0 Å². The van der Waals surface area contributed by atoms with E-state index >= 15 is 0 Å². The molecule has 0 saturated carbocycles. The molecule has 0 amide bonds. The zero-order chi connectivity index (χ0) is 15.2. The van der Waals surface area contributed by atoms with E-state index in [1.807, 2.05) is 6.92 Å². The summed E-state index contributed by atoms with van der Waals surface area (Å²) in [6.45, 7) is 8.85. The number of rotatable bonds is 8. The summed E-state index contributed by atoms with van der Waals surface area (Å²) in [6, 6.07) is 4.59. The van der Waals surface area contributed by atoms with Crippen LogP contribution in [0, 0.1) is 5.82 Å². The van der Waals surface area contributed by atoms with Crippen LogP contribution >= 0.6 is 0 Å². The largest absolute Gasteiger partial charge is 0.493 e. The number of aliphatic hydroxyl groups is 1. The van der Waals surface area contributed by atoms with Gasteiger partial charge in [-0.05, 0) is 51.9 Å². The Bertz CT molecular complexity index is 415. The standard InChI is InChI=1S/C16H26FNO2/c1-5-9-18-12(2)14-11-13(17)6-7-15(14)20-10-8-16(3,4)19/h6-7,11-12,18-19H,5,8-10H2,1-4H3. The third-order valence-corrected chi connectivity index (χ3v) is 3.11. The summed E-state index contributed by atoms with van der Waals surface area (Å²) >= 11 is 0. The maximum atomic E-state index is 13.4. The van der Waals surface area contributed by atoms with Crippen LogP contribution in [0.1, 0.15) is 52.1 Å². The fraction of sp³-hybridized carbons (Fsp3) is 0.625. The Morgan fingerprint density at radius 1 is 1.40 bits per heavy atom. The molecule has 0 aromatic heterocycles. The van der Waals surface area contributed by atoms with Crippen LogP contribution in [0.3, 0.4) is 0 Å². The minimum atomic E-state index is -0.758. The molecule has 4 heteroatoms. The number of hydrogen-bond donors (Lipinski definition) is 2. The van der Waals surface area contributed by atoms with Crippen LogP contribution in [0.2, 0.25) is 0 Å². The first-order chi connectivity index (χ1) is 9.33. The Morgan fingerprint density at radius 3 is 2.70 bits per heavy atom. The maximum absolute atomic E-state index is 13.4. The first kappa shape index (κ1) is 16.9. The molecule has 1 atom stereocenters. The lowest BCUT2D eigenvalue weighted by molar-refractivity contribution is 0.0551. The van der Waals surface area contributed by atoms with Gasteiger partial charge in [0.15, 0.2) is 0 Å². The normalized spacial score (nSPS) is 13.3. The SMILES string of the molecule is CCCNC(C)c1cc(F)ccc1OCCC(C)(C)O. The molecule has 2 N–H and O–H groups in total. The molecule has 0 fully saturated rings. The molecule has 1 aromatic carbocycles. The van der Waals surface area contributed by atoms with Gasteiger partial charge in [-0.1, -0.05) is 6.92 Å². The second-order valence-electron chi connectivity index (χ2n) is 5.77. The van der Waals surface area contributed by atoms with Crippen LogP contribution in [-0.2, 0) is 0 Å². The number of hydrogen-bond acceptors (Lipinski definition) is 3. The summed E-state index contributed by atoms with van der Waals surface area (Å²) in [7, 11) is 0. The molecule has 1 aromatic rings. The van der Waals surface area contributed by atoms with Crippen LogP contribution in [0.5, 0.6) is 5.75 Å². The second-order valence-corrected chi connectivity index (χ2v) is 5.77. The Balaban J connectivity index is 2.74. The predicted octanol–water partition coefficient (Wildman–Crippen LogP) is 3.43. The molecule has 114 valence electrons. The van der Waals surface area contributed by atoms with E-state index in [0.29, 0.717) is 18.8 Å². The lowest BCUT2D eigenvalue weighted by atomic mass is 10.1. The fourth-order valence-electron chi connectivity index (χ4n) is 1.87. The van der Waals surface area contributed by atoms with E-state index in [-0.39, 0.29) is 11.9 Å². The Hall–Kier alpha value is -1.13. The van der Waals surface area contributed by atoms with Crippen molar-refractivity contribution in [1.82, 2.24) is 5.32 Å². The summed E-state index contributed by atoms with van der Waals surface area (Å²) < 4.78 is 19.1. The zero-order valence-electron chi connectivity index (χ0n) is 12.9. The highest BCUT2D eigenvalue weighted by molar-refractivity contribution is 5.36. The second kappa shape index (κ2) is 7.60. The summed E-state index contributed by atoms with van der Waals surface area (Å²) in [4.78, 5) is 0. The van der Waals surface area contributed by atoms with Crippen molar-refractivity contribution in [2.45, 2.75) is 52.2 Å². The van der Waals surface area contributed by atoms with Gasteiger partial charge in [0.2, 0.25) is 0 Å². The van der Waals surface area contributed by atoms with Gasteiger partial charge in [0.25, 0.3) is 0 Å². The van der Waals surface area contributed by atoms with E-state index in [9.17, 15) is 9.50 Å². The first-order valence-electron chi connectivity index (χ1n) is 7.21. The van der Waals surface area contributed by atoms with Gasteiger partial charge in [0.05, 0.1) is 12.2 Å². The predicted molar refractivity (Wildman–Crippen MR) is 79.5 cm³/mol. The zero-order valence-corrected chi connectivity index (χ0v) is 12.9. The smallest absolute Gasteiger partial charge is 0.124 e. The molecule has 3 nitrogen and oxygen atoms in total. The summed E-state index contributed by atoms with van der Waals surface area (Å²) in [6.07, 6.45) is 1.55. The van der Waals surface area contributed by atoms with Crippen LogP contribution in [-0.4, -0.2) is 23.9 Å². The van der Waals surface area contributed by atoms with Gasteiger partial charge < -0.3 is 15.2 Å². The monoisotopic (exact) mass is 283 g/mol. The van der Waals surface area contributed by atoms with E-state index in [0.717, 1.165) is 18.5 Å². The fourth-order valence-corrected chi connectivity index (χ4v) is 1.87. The first-order valence-corrected chi connectivity index (χ1v) is 7.21. The molecule has 0 heterocycles. The molecular formula is C16H26FNO2.